The smallest absolute Gasteiger partial charge is 0.342 e. The first kappa shape index (κ1) is 18.7. The number of carbonyl (C=O) groups is 2. The number of aromatic hydroxyl groups is 1. The summed E-state index contributed by atoms with van der Waals surface area (Å²) in [6.45, 7) is 7.58. The molecule has 0 fully saturated rings. The molecule has 0 unspecified atom stereocenters. The highest BCUT2D eigenvalue weighted by molar-refractivity contribution is 6.02. The van der Waals surface area contributed by atoms with Gasteiger partial charge in [0.25, 0.3) is 0 Å². The summed E-state index contributed by atoms with van der Waals surface area (Å²) in [6.07, 6.45) is 5.88. The standard InChI is InChI=1S/C19H24O4/c1-13(2)7-5-8-14(3)11-12-23-19(22)17-10-6-9-16(15(4)20)18(17)21/h6-7,9-11,21H,5,8,12H2,1-4H3/b14-11+. The van der Waals surface area contributed by atoms with E-state index in [0.29, 0.717) is 0 Å². The number of rotatable bonds is 7. The van der Waals surface area contributed by atoms with Crippen molar-refractivity contribution in [3.8, 4) is 5.75 Å². The second kappa shape index (κ2) is 8.93. The number of benzene rings is 1. The summed E-state index contributed by atoms with van der Waals surface area (Å²) < 4.78 is 5.14. The van der Waals surface area contributed by atoms with Crippen LogP contribution in [0.2, 0.25) is 0 Å². The molecule has 4 nitrogen and oxygen atoms in total. The van der Waals surface area contributed by atoms with Crippen molar-refractivity contribution in [1.82, 2.24) is 0 Å². The fourth-order valence-corrected chi connectivity index (χ4v) is 2.02. The predicted octanol–water partition coefficient (Wildman–Crippen LogP) is 4.44. The molecule has 0 amide bonds. The monoisotopic (exact) mass is 316 g/mol. The van der Waals surface area contributed by atoms with Crippen LogP contribution in [-0.4, -0.2) is 23.5 Å². The average molecular weight is 316 g/mol. The van der Waals surface area contributed by atoms with Crippen LogP contribution in [0.15, 0.2) is 41.5 Å². The lowest BCUT2D eigenvalue weighted by Crippen LogP contribution is -2.07. The fraction of sp³-hybridized carbons (Fsp3) is 0.368. The number of Topliss-reactive ketones (excluding diaryl/α,β-unsaturated/α-hetero) is 1. The van der Waals surface area contributed by atoms with Gasteiger partial charge in [-0.3, -0.25) is 4.79 Å². The third-order valence-corrected chi connectivity index (χ3v) is 3.37. The Labute approximate surface area is 137 Å². The number of phenols is 1. The number of allylic oxidation sites excluding steroid dienone is 3. The first-order valence-electron chi connectivity index (χ1n) is 7.62. The Morgan fingerprint density at radius 3 is 2.35 bits per heavy atom. The Bertz CT molecular complexity index is 635. The topological polar surface area (TPSA) is 63.6 Å². The Morgan fingerprint density at radius 2 is 1.74 bits per heavy atom. The van der Waals surface area contributed by atoms with Crippen LogP contribution in [0.4, 0.5) is 0 Å². The summed E-state index contributed by atoms with van der Waals surface area (Å²) in [5.41, 5.74) is 2.54. The molecule has 0 atom stereocenters. The zero-order valence-electron chi connectivity index (χ0n) is 14.2. The van der Waals surface area contributed by atoms with Gasteiger partial charge in [-0.2, -0.15) is 0 Å². The number of para-hydroxylation sites is 1. The number of phenolic OH excluding ortho intramolecular Hbond substituents is 1. The highest BCUT2D eigenvalue weighted by atomic mass is 16.5. The first-order chi connectivity index (χ1) is 10.8. The maximum Gasteiger partial charge on any atom is 0.342 e. The summed E-state index contributed by atoms with van der Waals surface area (Å²) in [5, 5.41) is 9.96. The third-order valence-electron chi connectivity index (χ3n) is 3.37. The molecule has 4 heteroatoms. The highest BCUT2D eigenvalue weighted by Crippen LogP contribution is 2.23. The van der Waals surface area contributed by atoms with Gasteiger partial charge in [-0.15, -0.1) is 0 Å². The number of esters is 1. The quantitative estimate of drug-likeness (QED) is 0.459. The number of ether oxygens (including phenoxy) is 1. The van der Waals surface area contributed by atoms with Gasteiger partial charge in [-0.25, -0.2) is 4.79 Å². The third kappa shape index (κ3) is 6.10. The minimum atomic E-state index is -0.640. The van der Waals surface area contributed by atoms with Gasteiger partial charge in [-0.05, 0) is 58.7 Å². The maximum atomic E-state index is 12.0. The molecule has 0 bridgehead atoms. The lowest BCUT2D eigenvalue weighted by atomic mass is 10.1. The molecule has 0 aliphatic rings. The van der Waals surface area contributed by atoms with E-state index in [4.69, 9.17) is 4.74 Å². The Kier molecular flexibility index (Phi) is 7.26. The van der Waals surface area contributed by atoms with E-state index in [-0.39, 0.29) is 29.3 Å². The van der Waals surface area contributed by atoms with E-state index >= 15 is 0 Å². The van der Waals surface area contributed by atoms with Gasteiger partial charge in [0.15, 0.2) is 5.78 Å². The maximum absolute atomic E-state index is 12.0. The zero-order chi connectivity index (χ0) is 17.4. The largest absolute Gasteiger partial charge is 0.506 e. The van der Waals surface area contributed by atoms with Gasteiger partial charge in [-0.1, -0.05) is 23.3 Å². The van der Waals surface area contributed by atoms with Crippen molar-refractivity contribution in [3.63, 3.8) is 0 Å². The van der Waals surface area contributed by atoms with E-state index in [1.54, 1.807) is 6.07 Å². The van der Waals surface area contributed by atoms with E-state index < -0.39 is 5.97 Å². The molecule has 0 aliphatic carbocycles. The van der Waals surface area contributed by atoms with Gasteiger partial charge in [0.1, 0.15) is 17.9 Å². The van der Waals surface area contributed by atoms with E-state index in [2.05, 4.69) is 19.9 Å². The minimum Gasteiger partial charge on any atom is -0.506 e. The SMILES string of the molecule is CC(=O)c1cccc(C(=O)OC/C=C(\C)CCC=C(C)C)c1O. The van der Waals surface area contributed by atoms with Crippen LogP contribution in [0, 0.1) is 0 Å². The molecule has 124 valence electrons. The van der Waals surface area contributed by atoms with Crippen molar-refractivity contribution < 1.29 is 19.4 Å². The van der Waals surface area contributed by atoms with Crippen molar-refractivity contribution in [2.75, 3.05) is 6.61 Å². The Morgan fingerprint density at radius 1 is 1.09 bits per heavy atom. The summed E-state index contributed by atoms with van der Waals surface area (Å²) in [5.74, 6) is -1.26. The van der Waals surface area contributed by atoms with Crippen molar-refractivity contribution in [2.45, 2.75) is 40.5 Å². The van der Waals surface area contributed by atoms with Crippen molar-refractivity contribution in [1.29, 1.82) is 0 Å². The fourth-order valence-electron chi connectivity index (χ4n) is 2.02. The van der Waals surface area contributed by atoms with Crippen LogP contribution < -0.4 is 0 Å². The molecule has 0 spiro atoms. The molecule has 0 saturated heterocycles. The number of carbonyl (C=O) groups excluding carboxylic acids is 2. The second-order valence-corrected chi connectivity index (χ2v) is 5.73. The molecule has 23 heavy (non-hydrogen) atoms. The van der Waals surface area contributed by atoms with E-state index in [1.807, 2.05) is 13.0 Å². The Balaban J connectivity index is 2.62. The van der Waals surface area contributed by atoms with Gasteiger partial charge >= 0.3 is 5.97 Å². The average Bonchev–Trinajstić information content (AvgIpc) is 2.46. The molecule has 1 rings (SSSR count). The summed E-state index contributed by atoms with van der Waals surface area (Å²) in [4.78, 5) is 23.4. The van der Waals surface area contributed by atoms with Crippen LogP contribution >= 0.6 is 0 Å². The molecule has 1 N–H and O–H groups in total. The molecule has 1 aromatic rings. The highest BCUT2D eigenvalue weighted by Gasteiger charge is 2.17. The van der Waals surface area contributed by atoms with Crippen LogP contribution in [0.25, 0.3) is 0 Å². The van der Waals surface area contributed by atoms with Gasteiger partial charge in [0.2, 0.25) is 0 Å². The normalized spacial score (nSPS) is 11.0. The minimum absolute atomic E-state index is 0.00768. The molecule has 0 heterocycles. The molecular weight excluding hydrogens is 292 g/mol. The van der Waals surface area contributed by atoms with Crippen LogP contribution in [-0.2, 0) is 4.74 Å². The van der Waals surface area contributed by atoms with Crippen LogP contribution in [0.3, 0.4) is 0 Å². The summed E-state index contributed by atoms with van der Waals surface area (Å²) in [6, 6.07) is 4.46. The van der Waals surface area contributed by atoms with Gasteiger partial charge in [0.05, 0.1) is 5.56 Å². The zero-order valence-corrected chi connectivity index (χ0v) is 14.2. The predicted molar refractivity (Wildman–Crippen MR) is 90.8 cm³/mol. The molecule has 0 radical (unpaired) electrons. The van der Waals surface area contributed by atoms with Gasteiger partial charge in [0, 0.05) is 0 Å². The number of ketones is 1. The van der Waals surface area contributed by atoms with E-state index in [0.717, 1.165) is 18.4 Å². The summed E-state index contributed by atoms with van der Waals surface area (Å²) in [7, 11) is 0. The lowest BCUT2D eigenvalue weighted by molar-refractivity contribution is 0.0545. The van der Waals surface area contributed by atoms with Crippen molar-refractivity contribution in [3.05, 3.63) is 52.6 Å². The van der Waals surface area contributed by atoms with Gasteiger partial charge < -0.3 is 9.84 Å². The molecule has 1 aromatic carbocycles. The van der Waals surface area contributed by atoms with E-state index in [1.165, 1.54) is 24.6 Å². The van der Waals surface area contributed by atoms with Crippen LogP contribution in [0.1, 0.15) is 61.3 Å². The molecular formula is C19H24O4. The summed E-state index contributed by atoms with van der Waals surface area (Å²) >= 11 is 0. The van der Waals surface area contributed by atoms with Crippen molar-refractivity contribution in [2.24, 2.45) is 0 Å². The number of hydrogen-bond acceptors (Lipinski definition) is 4. The molecule has 0 saturated carbocycles. The number of hydrogen-bond donors (Lipinski definition) is 1. The van der Waals surface area contributed by atoms with Crippen molar-refractivity contribution >= 4 is 11.8 Å². The lowest BCUT2D eigenvalue weighted by Gasteiger charge is -2.07. The first-order valence-corrected chi connectivity index (χ1v) is 7.62. The second-order valence-electron chi connectivity index (χ2n) is 5.73. The van der Waals surface area contributed by atoms with Crippen LogP contribution in [0.5, 0.6) is 5.75 Å². The molecule has 0 aliphatic heterocycles. The Hall–Kier alpha value is -2.36. The molecule has 0 aromatic heterocycles. The van der Waals surface area contributed by atoms with E-state index in [9.17, 15) is 14.7 Å².